The van der Waals surface area contributed by atoms with Gasteiger partial charge in [-0.3, -0.25) is 4.68 Å². The average molecular weight is 214 g/mol. The minimum atomic E-state index is 0.617. The van der Waals surface area contributed by atoms with Crippen LogP contribution < -0.4 is 5.73 Å². The van der Waals surface area contributed by atoms with E-state index in [-0.39, 0.29) is 0 Å². The van der Waals surface area contributed by atoms with Crippen LogP contribution in [0.25, 0.3) is 22.2 Å². The molecule has 0 saturated carbocycles. The number of rotatable bonds is 1. The number of fused-ring (bicyclic) bond motifs is 1. The molecule has 3 rings (SSSR count). The van der Waals surface area contributed by atoms with Gasteiger partial charge in [0.2, 0.25) is 0 Å². The molecule has 16 heavy (non-hydrogen) atoms. The SMILES string of the molecule is Cn1nc(-c2cccc3cnoc23)cc1N. The first kappa shape index (κ1) is 8.96. The number of nitrogens with two attached hydrogens (primary N) is 1. The van der Waals surface area contributed by atoms with Gasteiger partial charge in [0.15, 0.2) is 5.58 Å². The lowest BCUT2D eigenvalue weighted by molar-refractivity contribution is 0.457. The number of hydrogen-bond donors (Lipinski definition) is 1. The zero-order valence-corrected chi connectivity index (χ0v) is 8.71. The number of nitrogen functional groups attached to an aromatic ring is 1. The number of aryl methyl sites for hydroxylation is 1. The summed E-state index contributed by atoms with van der Waals surface area (Å²) in [7, 11) is 1.80. The third-order valence-corrected chi connectivity index (χ3v) is 2.57. The van der Waals surface area contributed by atoms with Crippen molar-refractivity contribution in [3.63, 3.8) is 0 Å². The molecule has 0 amide bonds. The lowest BCUT2D eigenvalue weighted by Gasteiger charge is -1.95. The molecule has 1 aromatic carbocycles. The quantitative estimate of drug-likeness (QED) is 0.670. The lowest BCUT2D eigenvalue weighted by Crippen LogP contribution is -1.96. The summed E-state index contributed by atoms with van der Waals surface area (Å²) in [6, 6.07) is 7.65. The zero-order chi connectivity index (χ0) is 11.1. The van der Waals surface area contributed by atoms with Gasteiger partial charge in [-0.2, -0.15) is 5.10 Å². The Bertz CT molecular complexity index is 633. The number of benzene rings is 1. The Kier molecular flexibility index (Phi) is 1.73. The summed E-state index contributed by atoms with van der Waals surface area (Å²) in [5.74, 6) is 0.617. The van der Waals surface area contributed by atoms with Crippen LogP contribution in [0.1, 0.15) is 0 Å². The molecule has 0 aliphatic rings. The Morgan fingerprint density at radius 2 is 2.25 bits per heavy atom. The van der Waals surface area contributed by atoms with Gasteiger partial charge in [-0.25, -0.2) is 0 Å². The normalized spacial score (nSPS) is 11.1. The molecule has 3 aromatic rings. The first-order chi connectivity index (χ1) is 7.75. The predicted molar refractivity (Wildman–Crippen MR) is 60.6 cm³/mol. The second-order valence-corrected chi connectivity index (χ2v) is 3.63. The van der Waals surface area contributed by atoms with Crippen LogP contribution in [0.4, 0.5) is 5.82 Å². The van der Waals surface area contributed by atoms with E-state index < -0.39 is 0 Å². The summed E-state index contributed by atoms with van der Waals surface area (Å²) >= 11 is 0. The lowest BCUT2D eigenvalue weighted by atomic mass is 10.1. The van der Waals surface area contributed by atoms with E-state index in [1.165, 1.54) is 0 Å². The molecule has 80 valence electrons. The fourth-order valence-electron chi connectivity index (χ4n) is 1.71. The van der Waals surface area contributed by atoms with E-state index in [4.69, 9.17) is 10.3 Å². The molecule has 2 N–H and O–H groups in total. The molecule has 0 bridgehead atoms. The van der Waals surface area contributed by atoms with Crippen LogP contribution in [0, 0.1) is 0 Å². The van der Waals surface area contributed by atoms with E-state index >= 15 is 0 Å². The van der Waals surface area contributed by atoms with Crippen LogP contribution in [-0.2, 0) is 7.05 Å². The summed E-state index contributed by atoms with van der Waals surface area (Å²) < 4.78 is 6.84. The van der Waals surface area contributed by atoms with Crippen molar-refractivity contribution in [3.8, 4) is 11.3 Å². The number of hydrogen-bond acceptors (Lipinski definition) is 4. The molecule has 0 unspecified atom stereocenters. The molecule has 2 heterocycles. The van der Waals surface area contributed by atoms with Gasteiger partial charge < -0.3 is 10.3 Å². The van der Waals surface area contributed by atoms with Crippen molar-refractivity contribution in [1.29, 1.82) is 0 Å². The molecular formula is C11H10N4O. The average Bonchev–Trinajstić information content (AvgIpc) is 2.85. The topological polar surface area (TPSA) is 69.9 Å². The highest BCUT2D eigenvalue weighted by molar-refractivity contribution is 5.91. The fourth-order valence-corrected chi connectivity index (χ4v) is 1.71. The number of aromatic nitrogens is 3. The predicted octanol–water partition coefficient (Wildman–Crippen LogP) is 1.81. The van der Waals surface area contributed by atoms with E-state index in [0.29, 0.717) is 5.82 Å². The van der Waals surface area contributed by atoms with Crippen molar-refractivity contribution in [2.24, 2.45) is 7.05 Å². The van der Waals surface area contributed by atoms with Crippen molar-refractivity contribution in [1.82, 2.24) is 14.9 Å². The van der Waals surface area contributed by atoms with E-state index in [9.17, 15) is 0 Å². The Morgan fingerprint density at radius 1 is 1.38 bits per heavy atom. The number of nitrogens with zero attached hydrogens (tertiary/aromatic N) is 3. The monoisotopic (exact) mass is 214 g/mol. The smallest absolute Gasteiger partial charge is 0.176 e. The molecule has 0 fully saturated rings. The minimum absolute atomic E-state index is 0.617. The highest BCUT2D eigenvalue weighted by Gasteiger charge is 2.11. The van der Waals surface area contributed by atoms with Gasteiger partial charge in [0.1, 0.15) is 5.82 Å². The van der Waals surface area contributed by atoms with E-state index in [0.717, 1.165) is 22.2 Å². The van der Waals surface area contributed by atoms with Crippen molar-refractivity contribution in [2.75, 3.05) is 5.73 Å². The van der Waals surface area contributed by atoms with Gasteiger partial charge >= 0.3 is 0 Å². The summed E-state index contributed by atoms with van der Waals surface area (Å²) in [4.78, 5) is 0. The summed E-state index contributed by atoms with van der Waals surface area (Å²) in [5, 5.41) is 9.05. The fraction of sp³-hybridized carbons (Fsp3) is 0.0909. The third-order valence-electron chi connectivity index (χ3n) is 2.57. The largest absolute Gasteiger partial charge is 0.384 e. The molecule has 0 radical (unpaired) electrons. The van der Waals surface area contributed by atoms with E-state index in [1.54, 1.807) is 17.9 Å². The summed E-state index contributed by atoms with van der Waals surface area (Å²) in [6.07, 6.45) is 1.69. The second-order valence-electron chi connectivity index (χ2n) is 3.63. The van der Waals surface area contributed by atoms with E-state index in [1.807, 2.05) is 24.3 Å². The highest BCUT2D eigenvalue weighted by Crippen LogP contribution is 2.28. The molecule has 0 saturated heterocycles. The van der Waals surface area contributed by atoms with Gasteiger partial charge in [-0.1, -0.05) is 11.2 Å². The van der Waals surface area contributed by atoms with Crippen LogP contribution >= 0.6 is 0 Å². The minimum Gasteiger partial charge on any atom is -0.384 e. The standard InChI is InChI=1S/C11H10N4O/c1-15-10(12)5-9(14-15)8-4-2-3-7-6-13-16-11(7)8/h2-6H,12H2,1H3. The second kappa shape index (κ2) is 3.10. The van der Waals surface area contributed by atoms with Gasteiger partial charge in [0, 0.05) is 24.1 Å². The Labute approximate surface area is 91.4 Å². The maximum absolute atomic E-state index is 5.75. The van der Waals surface area contributed by atoms with Crippen LogP contribution in [0.5, 0.6) is 0 Å². The third kappa shape index (κ3) is 1.18. The van der Waals surface area contributed by atoms with Crippen molar-refractivity contribution in [3.05, 3.63) is 30.5 Å². The molecular weight excluding hydrogens is 204 g/mol. The maximum Gasteiger partial charge on any atom is 0.176 e. The van der Waals surface area contributed by atoms with Crippen LogP contribution in [-0.4, -0.2) is 14.9 Å². The molecule has 0 atom stereocenters. The molecule has 5 nitrogen and oxygen atoms in total. The molecule has 2 aromatic heterocycles. The Balaban J connectivity index is 2.29. The van der Waals surface area contributed by atoms with E-state index in [2.05, 4.69) is 10.3 Å². The first-order valence-corrected chi connectivity index (χ1v) is 4.89. The Hall–Kier alpha value is -2.30. The van der Waals surface area contributed by atoms with Crippen molar-refractivity contribution in [2.45, 2.75) is 0 Å². The van der Waals surface area contributed by atoms with Crippen LogP contribution in [0.2, 0.25) is 0 Å². The number of para-hydroxylation sites is 1. The summed E-state index contributed by atoms with van der Waals surface area (Å²) in [5.41, 5.74) is 8.19. The van der Waals surface area contributed by atoms with Crippen molar-refractivity contribution < 1.29 is 4.52 Å². The van der Waals surface area contributed by atoms with Gasteiger partial charge in [0.25, 0.3) is 0 Å². The first-order valence-electron chi connectivity index (χ1n) is 4.89. The van der Waals surface area contributed by atoms with Gasteiger partial charge in [0.05, 0.1) is 11.9 Å². The van der Waals surface area contributed by atoms with Crippen molar-refractivity contribution >= 4 is 16.8 Å². The van der Waals surface area contributed by atoms with Crippen LogP contribution in [0.15, 0.2) is 35.0 Å². The summed E-state index contributed by atoms with van der Waals surface area (Å²) in [6.45, 7) is 0. The molecule has 5 heteroatoms. The zero-order valence-electron chi connectivity index (χ0n) is 8.71. The maximum atomic E-state index is 5.75. The Morgan fingerprint density at radius 3 is 3.00 bits per heavy atom. The van der Waals surface area contributed by atoms with Crippen LogP contribution in [0.3, 0.4) is 0 Å². The molecule has 0 aliphatic carbocycles. The number of anilines is 1. The highest BCUT2D eigenvalue weighted by atomic mass is 16.5. The molecule has 0 aliphatic heterocycles. The van der Waals surface area contributed by atoms with Gasteiger partial charge in [-0.05, 0) is 12.1 Å². The van der Waals surface area contributed by atoms with Gasteiger partial charge in [-0.15, -0.1) is 0 Å². The molecule has 0 spiro atoms.